The molecule has 0 bridgehead atoms. The van der Waals surface area contributed by atoms with E-state index in [1.165, 1.54) is 0 Å². The molecule has 16 heavy (non-hydrogen) atoms. The van der Waals surface area contributed by atoms with Crippen molar-refractivity contribution in [3.05, 3.63) is 23.9 Å². The predicted octanol–water partition coefficient (Wildman–Crippen LogP) is 1.60. The molecule has 1 heterocycles. The number of rotatable bonds is 7. The lowest BCUT2D eigenvalue weighted by Crippen LogP contribution is -2.21. The maximum absolute atomic E-state index is 5.72. The number of aromatic nitrogens is 1. The fourth-order valence-electron chi connectivity index (χ4n) is 1.36. The average Bonchev–Trinajstić information content (AvgIpc) is 2.29. The Bertz CT molecular complexity index is 305. The van der Waals surface area contributed by atoms with Crippen molar-refractivity contribution in [3.8, 4) is 5.88 Å². The molecule has 0 radical (unpaired) electrons. The first-order valence-electron chi connectivity index (χ1n) is 5.60. The fraction of sp³-hybridized carbons (Fsp3) is 0.583. The molecule has 4 heteroatoms. The molecule has 90 valence electrons. The molecule has 0 amide bonds. The molecular formula is C12H20N2O2. The van der Waals surface area contributed by atoms with Crippen LogP contribution >= 0.6 is 0 Å². The molecule has 1 unspecified atom stereocenters. The zero-order chi connectivity index (χ0) is 11.8. The highest BCUT2D eigenvalue weighted by Crippen LogP contribution is 2.15. The van der Waals surface area contributed by atoms with Crippen LogP contribution in [0.3, 0.4) is 0 Å². The van der Waals surface area contributed by atoms with Crippen molar-refractivity contribution >= 4 is 0 Å². The van der Waals surface area contributed by atoms with Crippen molar-refractivity contribution in [1.29, 1.82) is 0 Å². The normalized spacial score (nSPS) is 12.4. The van der Waals surface area contributed by atoms with Crippen LogP contribution < -0.4 is 10.1 Å². The number of nitrogens with zero attached hydrogens (tertiary/aromatic N) is 1. The number of pyridine rings is 1. The van der Waals surface area contributed by atoms with Crippen molar-refractivity contribution in [1.82, 2.24) is 10.3 Å². The second-order valence-corrected chi connectivity index (χ2v) is 3.59. The number of hydrogen-bond acceptors (Lipinski definition) is 4. The van der Waals surface area contributed by atoms with Crippen LogP contribution in [0.5, 0.6) is 5.88 Å². The Morgan fingerprint density at radius 2 is 2.31 bits per heavy atom. The molecule has 1 aromatic heterocycles. The van der Waals surface area contributed by atoms with E-state index in [9.17, 15) is 0 Å². The maximum Gasteiger partial charge on any atom is 0.218 e. The Morgan fingerprint density at radius 1 is 1.50 bits per heavy atom. The first kappa shape index (κ1) is 12.9. The van der Waals surface area contributed by atoms with E-state index in [0.29, 0.717) is 19.1 Å². The highest BCUT2D eigenvalue weighted by atomic mass is 16.5. The first-order chi connectivity index (χ1) is 7.77. The van der Waals surface area contributed by atoms with Gasteiger partial charge in [0.1, 0.15) is 6.10 Å². The van der Waals surface area contributed by atoms with E-state index in [2.05, 4.69) is 10.3 Å². The Hall–Kier alpha value is -1.13. The third kappa shape index (κ3) is 4.16. The molecule has 1 rings (SSSR count). The largest absolute Gasteiger partial charge is 0.472 e. The van der Waals surface area contributed by atoms with Crippen LogP contribution in [0, 0.1) is 0 Å². The zero-order valence-corrected chi connectivity index (χ0v) is 10.2. The van der Waals surface area contributed by atoms with Gasteiger partial charge in [0.25, 0.3) is 0 Å². The lowest BCUT2D eigenvalue weighted by Gasteiger charge is -2.15. The maximum atomic E-state index is 5.72. The van der Waals surface area contributed by atoms with E-state index in [4.69, 9.17) is 9.47 Å². The van der Waals surface area contributed by atoms with Gasteiger partial charge in [-0.05, 0) is 27.0 Å². The van der Waals surface area contributed by atoms with Crippen LogP contribution in [0.1, 0.15) is 19.4 Å². The monoisotopic (exact) mass is 224 g/mol. The summed E-state index contributed by atoms with van der Waals surface area (Å²) in [5, 5.41) is 3.09. The van der Waals surface area contributed by atoms with Crippen LogP contribution in [0.25, 0.3) is 0 Å². The number of nitrogens with one attached hydrogen (secondary N) is 1. The Morgan fingerprint density at radius 3 is 3.00 bits per heavy atom. The van der Waals surface area contributed by atoms with Crippen molar-refractivity contribution in [2.75, 3.05) is 20.3 Å². The zero-order valence-electron chi connectivity index (χ0n) is 10.2. The van der Waals surface area contributed by atoms with Crippen LogP contribution in [0.15, 0.2) is 18.3 Å². The van der Waals surface area contributed by atoms with E-state index in [-0.39, 0.29) is 6.10 Å². The average molecular weight is 224 g/mol. The van der Waals surface area contributed by atoms with Gasteiger partial charge in [-0.3, -0.25) is 0 Å². The minimum absolute atomic E-state index is 0.0189. The van der Waals surface area contributed by atoms with Gasteiger partial charge in [0, 0.05) is 24.9 Å². The second kappa shape index (κ2) is 7.19. The minimum Gasteiger partial charge on any atom is -0.472 e. The predicted molar refractivity (Wildman–Crippen MR) is 63.6 cm³/mol. The van der Waals surface area contributed by atoms with Gasteiger partial charge < -0.3 is 14.8 Å². The van der Waals surface area contributed by atoms with Gasteiger partial charge in [-0.25, -0.2) is 4.98 Å². The molecule has 0 aromatic carbocycles. The third-order valence-corrected chi connectivity index (χ3v) is 2.09. The molecule has 1 N–H and O–H groups in total. The summed E-state index contributed by atoms with van der Waals surface area (Å²) in [6, 6.07) is 3.92. The summed E-state index contributed by atoms with van der Waals surface area (Å²) in [4.78, 5) is 4.23. The molecule has 1 atom stereocenters. The molecule has 1 aromatic rings. The van der Waals surface area contributed by atoms with E-state index in [1.54, 1.807) is 6.20 Å². The summed E-state index contributed by atoms with van der Waals surface area (Å²) in [7, 11) is 1.90. The van der Waals surface area contributed by atoms with E-state index in [0.717, 1.165) is 12.1 Å². The third-order valence-electron chi connectivity index (χ3n) is 2.09. The first-order valence-corrected chi connectivity index (χ1v) is 5.60. The summed E-state index contributed by atoms with van der Waals surface area (Å²) >= 11 is 0. The summed E-state index contributed by atoms with van der Waals surface area (Å²) in [5.41, 5.74) is 1.06. The molecule has 0 fully saturated rings. The van der Waals surface area contributed by atoms with Crippen LogP contribution in [-0.2, 0) is 11.3 Å². The van der Waals surface area contributed by atoms with Gasteiger partial charge >= 0.3 is 0 Å². The van der Waals surface area contributed by atoms with Crippen molar-refractivity contribution in [3.63, 3.8) is 0 Å². The summed E-state index contributed by atoms with van der Waals surface area (Å²) in [5.74, 6) is 0.684. The van der Waals surface area contributed by atoms with E-state index in [1.807, 2.05) is 33.0 Å². The van der Waals surface area contributed by atoms with Crippen molar-refractivity contribution in [2.45, 2.75) is 26.5 Å². The van der Waals surface area contributed by atoms with Gasteiger partial charge in [0.2, 0.25) is 5.88 Å². The fourth-order valence-corrected chi connectivity index (χ4v) is 1.36. The van der Waals surface area contributed by atoms with Gasteiger partial charge in [0.15, 0.2) is 0 Å². The van der Waals surface area contributed by atoms with Crippen molar-refractivity contribution in [2.24, 2.45) is 0 Å². The van der Waals surface area contributed by atoms with Crippen LogP contribution in [-0.4, -0.2) is 31.3 Å². The van der Waals surface area contributed by atoms with Crippen LogP contribution in [0.2, 0.25) is 0 Å². The Balaban J connectivity index is 2.57. The molecule has 0 aliphatic carbocycles. The Labute approximate surface area is 97.0 Å². The Kier molecular flexibility index (Phi) is 5.82. The van der Waals surface area contributed by atoms with Crippen LogP contribution in [0.4, 0.5) is 0 Å². The molecule has 0 saturated heterocycles. The van der Waals surface area contributed by atoms with E-state index < -0.39 is 0 Å². The van der Waals surface area contributed by atoms with Crippen molar-refractivity contribution < 1.29 is 9.47 Å². The molecule has 0 spiro atoms. The molecular weight excluding hydrogens is 204 g/mol. The van der Waals surface area contributed by atoms with E-state index >= 15 is 0 Å². The van der Waals surface area contributed by atoms with Gasteiger partial charge in [-0.2, -0.15) is 0 Å². The molecule has 0 aliphatic rings. The minimum atomic E-state index is 0.0189. The number of ether oxygens (including phenoxy) is 2. The smallest absolute Gasteiger partial charge is 0.218 e. The second-order valence-electron chi connectivity index (χ2n) is 3.59. The molecule has 0 aliphatic heterocycles. The topological polar surface area (TPSA) is 43.4 Å². The van der Waals surface area contributed by atoms with Gasteiger partial charge in [-0.15, -0.1) is 0 Å². The highest BCUT2D eigenvalue weighted by Gasteiger charge is 2.08. The SMILES string of the molecule is CCOCC(C)Oc1ncccc1CNC. The van der Waals surface area contributed by atoms with Gasteiger partial charge in [-0.1, -0.05) is 6.07 Å². The standard InChI is InChI=1S/C12H20N2O2/c1-4-15-9-10(2)16-12-11(8-13-3)6-5-7-14-12/h5-7,10,13H,4,8-9H2,1-3H3. The summed E-state index contributed by atoms with van der Waals surface area (Å²) in [6.07, 6.45) is 1.76. The highest BCUT2D eigenvalue weighted by molar-refractivity contribution is 5.25. The quantitative estimate of drug-likeness (QED) is 0.764. The molecule has 4 nitrogen and oxygen atoms in total. The molecule has 0 saturated carbocycles. The lowest BCUT2D eigenvalue weighted by molar-refractivity contribution is 0.0627. The summed E-state index contributed by atoms with van der Waals surface area (Å²) in [6.45, 7) is 6.00. The lowest BCUT2D eigenvalue weighted by atomic mass is 10.2. The number of hydrogen-bond donors (Lipinski definition) is 1. The summed E-state index contributed by atoms with van der Waals surface area (Å²) < 4.78 is 11.0. The van der Waals surface area contributed by atoms with Gasteiger partial charge in [0.05, 0.1) is 6.61 Å².